The summed E-state index contributed by atoms with van der Waals surface area (Å²) in [5.41, 5.74) is 0.714. The van der Waals surface area contributed by atoms with Crippen LogP contribution in [0.5, 0.6) is 0 Å². The summed E-state index contributed by atoms with van der Waals surface area (Å²) >= 11 is 6.26. The Morgan fingerprint density at radius 2 is 1.91 bits per heavy atom. The molecule has 0 saturated carbocycles. The van der Waals surface area contributed by atoms with Gasteiger partial charge in [-0.15, -0.1) is 0 Å². The van der Waals surface area contributed by atoms with Gasteiger partial charge in [-0.3, -0.25) is 4.98 Å². The summed E-state index contributed by atoms with van der Waals surface area (Å²) in [4.78, 5) is 29.7. The van der Waals surface area contributed by atoms with Crippen molar-refractivity contribution >= 4 is 23.7 Å². The quantitative estimate of drug-likeness (QED) is 0.436. The lowest BCUT2D eigenvalue weighted by atomic mass is 9.97. The fourth-order valence-corrected chi connectivity index (χ4v) is 3.51. The number of esters is 1. The molecule has 2 heterocycles. The molecule has 0 atom stereocenters. The summed E-state index contributed by atoms with van der Waals surface area (Å²) in [5.74, 6) is 5.19. The lowest BCUT2D eigenvalue weighted by molar-refractivity contribution is 0.0199. The minimum absolute atomic E-state index is 0.104. The molecule has 0 N–H and O–H groups in total. The van der Waals surface area contributed by atoms with Gasteiger partial charge in [-0.1, -0.05) is 23.4 Å². The number of benzene rings is 1. The van der Waals surface area contributed by atoms with Crippen LogP contribution in [0.4, 0.5) is 9.18 Å². The second-order valence-corrected chi connectivity index (χ2v) is 9.15. The second-order valence-electron chi connectivity index (χ2n) is 8.75. The summed E-state index contributed by atoms with van der Waals surface area (Å²) in [6.07, 6.45) is 2.58. The minimum atomic E-state index is -0.617. The third-order valence-electron chi connectivity index (χ3n) is 5.08. The number of rotatable bonds is 2. The first-order chi connectivity index (χ1) is 15.6. The van der Waals surface area contributed by atoms with Crippen molar-refractivity contribution in [3.63, 3.8) is 0 Å². The smallest absolute Gasteiger partial charge is 0.410 e. The average molecular weight is 473 g/mol. The number of methoxy groups -OCH3 is 1. The van der Waals surface area contributed by atoms with Crippen LogP contribution in [-0.2, 0) is 9.47 Å². The van der Waals surface area contributed by atoms with Gasteiger partial charge in [0.25, 0.3) is 0 Å². The maximum absolute atomic E-state index is 14.6. The molecule has 8 heteroatoms. The van der Waals surface area contributed by atoms with Crippen LogP contribution < -0.4 is 0 Å². The standard InChI is InChI=1S/C25H26ClFN2O4/c1-25(2,3)33-24(31)29-11-9-16(10-12-29)5-6-17-14-22(28-15-20(17)26)19-8-7-18(13-21(19)27)23(30)32-4/h7-8,13-16H,9-12H2,1-4H3. The highest BCUT2D eigenvalue weighted by Gasteiger charge is 2.26. The van der Waals surface area contributed by atoms with Crippen LogP contribution in [0.25, 0.3) is 11.3 Å². The maximum Gasteiger partial charge on any atom is 0.410 e. The highest BCUT2D eigenvalue weighted by Crippen LogP contribution is 2.26. The zero-order chi connectivity index (χ0) is 24.2. The van der Waals surface area contributed by atoms with Crippen molar-refractivity contribution in [1.29, 1.82) is 0 Å². The van der Waals surface area contributed by atoms with Crippen LogP contribution in [-0.4, -0.2) is 47.7 Å². The van der Waals surface area contributed by atoms with E-state index >= 15 is 0 Å². The van der Waals surface area contributed by atoms with Crippen LogP contribution >= 0.6 is 11.6 Å². The number of aromatic nitrogens is 1. The van der Waals surface area contributed by atoms with Gasteiger partial charge in [0.1, 0.15) is 11.4 Å². The number of pyridine rings is 1. The van der Waals surface area contributed by atoms with E-state index in [1.807, 2.05) is 20.8 Å². The lowest BCUT2D eigenvalue weighted by Gasteiger charge is -2.31. The number of carbonyl (C=O) groups excluding carboxylic acids is 2. The molecule has 0 bridgehead atoms. The van der Waals surface area contributed by atoms with E-state index in [4.69, 9.17) is 16.3 Å². The number of halogens is 2. The van der Waals surface area contributed by atoms with Crippen molar-refractivity contribution in [3.8, 4) is 23.1 Å². The SMILES string of the molecule is COC(=O)c1ccc(-c2cc(C#CC3CCN(C(=O)OC(C)(C)C)CC3)c(Cl)cn2)c(F)c1. The molecule has 1 fully saturated rings. The number of nitrogens with zero attached hydrogens (tertiary/aromatic N) is 2. The van der Waals surface area contributed by atoms with E-state index in [-0.39, 0.29) is 23.1 Å². The van der Waals surface area contributed by atoms with Crippen molar-refractivity contribution in [1.82, 2.24) is 9.88 Å². The monoisotopic (exact) mass is 472 g/mol. The molecule has 2 aromatic rings. The lowest BCUT2D eigenvalue weighted by Crippen LogP contribution is -2.41. The highest BCUT2D eigenvalue weighted by atomic mass is 35.5. The molecule has 6 nitrogen and oxygen atoms in total. The molecule has 0 spiro atoms. The Hall–Kier alpha value is -3.11. The van der Waals surface area contributed by atoms with E-state index in [0.29, 0.717) is 29.4 Å². The Balaban J connectivity index is 1.71. The molecule has 174 valence electrons. The number of hydrogen-bond acceptors (Lipinski definition) is 5. The molecule has 1 saturated heterocycles. The molecular weight excluding hydrogens is 447 g/mol. The molecule has 1 aromatic heterocycles. The van der Waals surface area contributed by atoms with Gasteiger partial charge in [-0.2, -0.15) is 0 Å². The second kappa shape index (κ2) is 10.2. The molecule has 0 unspecified atom stereocenters. The zero-order valence-corrected chi connectivity index (χ0v) is 19.8. The molecule has 0 aliphatic carbocycles. The van der Waals surface area contributed by atoms with Gasteiger partial charge in [0.05, 0.1) is 23.4 Å². The van der Waals surface area contributed by atoms with Crippen molar-refractivity contribution in [2.75, 3.05) is 20.2 Å². The number of amides is 1. The third-order valence-corrected chi connectivity index (χ3v) is 5.38. The van der Waals surface area contributed by atoms with E-state index in [1.54, 1.807) is 11.0 Å². The summed E-state index contributed by atoms with van der Waals surface area (Å²) in [7, 11) is 1.24. The first-order valence-electron chi connectivity index (χ1n) is 10.6. The van der Waals surface area contributed by atoms with Gasteiger partial charge < -0.3 is 14.4 Å². The fourth-order valence-electron chi connectivity index (χ4n) is 3.36. The third kappa shape index (κ3) is 6.45. The summed E-state index contributed by atoms with van der Waals surface area (Å²) in [6.45, 7) is 6.67. The van der Waals surface area contributed by atoms with E-state index in [9.17, 15) is 14.0 Å². The van der Waals surface area contributed by atoms with Crippen molar-refractivity contribution < 1.29 is 23.5 Å². The Morgan fingerprint density at radius 1 is 1.21 bits per heavy atom. The van der Waals surface area contributed by atoms with Crippen LogP contribution in [0.2, 0.25) is 5.02 Å². The van der Waals surface area contributed by atoms with Crippen molar-refractivity contribution in [3.05, 3.63) is 52.4 Å². The van der Waals surface area contributed by atoms with Crippen LogP contribution in [0, 0.1) is 23.6 Å². The molecule has 1 aromatic carbocycles. The molecular formula is C25H26ClFN2O4. The predicted octanol–water partition coefficient (Wildman–Crippen LogP) is 5.33. The number of piperidine rings is 1. The molecule has 1 aliphatic rings. The van der Waals surface area contributed by atoms with E-state index in [2.05, 4.69) is 21.6 Å². The molecule has 33 heavy (non-hydrogen) atoms. The average Bonchev–Trinajstić information content (AvgIpc) is 2.77. The van der Waals surface area contributed by atoms with Gasteiger partial charge in [0.2, 0.25) is 0 Å². The van der Waals surface area contributed by atoms with Gasteiger partial charge in [0, 0.05) is 36.3 Å². The summed E-state index contributed by atoms with van der Waals surface area (Å²) in [6, 6.07) is 5.69. The number of likely N-dealkylation sites (tertiary alicyclic amines) is 1. The first-order valence-corrected chi connectivity index (χ1v) is 11.0. The molecule has 1 aliphatic heterocycles. The van der Waals surface area contributed by atoms with Crippen LogP contribution in [0.15, 0.2) is 30.5 Å². The van der Waals surface area contributed by atoms with Gasteiger partial charge >= 0.3 is 12.1 Å². The van der Waals surface area contributed by atoms with Gasteiger partial charge in [0.15, 0.2) is 0 Å². The first kappa shape index (κ1) is 24.5. The predicted molar refractivity (Wildman–Crippen MR) is 123 cm³/mol. The molecule has 0 radical (unpaired) electrons. The zero-order valence-electron chi connectivity index (χ0n) is 19.1. The van der Waals surface area contributed by atoms with E-state index in [0.717, 1.165) is 18.9 Å². The van der Waals surface area contributed by atoms with Crippen LogP contribution in [0.1, 0.15) is 49.5 Å². The molecule has 1 amide bonds. The van der Waals surface area contributed by atoms with E-state index < -0.39 is 17.4 Å². The summed E-state index contributed by atoms with van der Waals surface area (Å²) in [5, 5.41) is 0.365. The van der Waals surface area contributed by atoms with Crippen molar-refractivity contribution in [2.45, 2.75) is 39.2 Å². The van der Waals surface area contributed by atoms with Crippen LogP contribution in [0.3, 0.4) is 0 Å². The summed E-state index contributed by atoms with van der Waals surface area (Å²) < 4.78 is 24.6. The highest BCUT2D eigenvalue weighted by molar-refractivity contribution is 6.31. The number of hydrogen-bond donors (Lipinski definition) is 0. The van der Waals surface area contributed by atoms with Gasteiger partial charge in [-0.25, -0.2) is 14.0 Å². The fraction of sp³-hybridized carbons (Fsp3) is 0.400. The maximum atomic E-state index is 14.6. The number of ether oxygens (including phenoxy) is 2. The topological polar surface area (TPSA) is 68.7 Å². The Labute approximate surface area is 198 Å². The number of carbonyl (C=O) groups is 2. The van der Waals surface area contributed by atoms with Gasteiger partial charge in [-0.05, 0) is 57.9 Å². The largest absolute Gasteiger partial charge is 0.465 e. The van der Waals surface area contributed by atoms with Crippen molar-refractivity contribution in [2.24, 2.45) is 5.92 Å². The minimum Gasteiger partial charge on any atom is -0.465 e. The Morgan fingerprint density at radius 3 is 2.52 bits per heavy atom. The normalized spacial score (nSPS) is 14.3. The van der Waals surface area contributed by atoms with E-state index in [1.165, 1.54) is 25.4 Å². The Bertz CT molecular complexity index is 1110. The Kier molecular flexibility index (Phi) is 7.60. The molecule has 3 rings (SSSR count).